The van der Waals surface area contributed by atoms with Crippen molar-refractivity contribution in [2.24, 2.45) is 11.7 Å². The molecule has 0 saturated carbocycles. The molecule has 2 aromatic rings. The van der Waals surface area contributed by atoms with Crippen LogP contribution in [0.2, 0.25) is 0 Å². The Morgan fingerprint density at radius 3 is 2.33 bits per heavy atom. The molecule has 0 aliphatic heterocycles. The van der Waals surface area contributed by atoms with Gasteiger partial charge in [-0.1, -0.05) is 55.5 Å². The second-order valence-electron chi connectivity index (χ2n) is 5.70. The number of benzene rings is 2. The maximum absolute atomic E-state index is 13.7. The molecule has 0 aliphatic rings. The molecule has 0 aliphatic carbocycles. The monoisotopic (exact) mass is 286 g/mol. The van der Waals surface area contributed by atoms with E-state index in [2.05, 4.69) is 24.0 Å². The molecule has 2 unspecified atom stereocenters. The van der Waals surface area contributed by atoms with E-state index in [1.807, 2.05) is 37.4 Å². The lowest BCUT2D eigenvalue weighted by Gasteiger charge is -2.26. The van der Waals surface area contributed by atoms with E-state index in [-0.39, 0.29) is 11.9 Å². The van der Waals surface area contributed by atoms with Crippen LogP contribution in [0.4, 0.5) is 4.39 Å². The molecule has 0 amide bonds. The van der Waals surface area contributed by atoms with E-state index >= 15 is 0 Å². The summed E-state index contributed by atoms with van der Waals surface area (Å²) in [4.78, 5) is 2.12. The average Bonchev–Trinajstić information content (AvgIpc) is 2.49. The summed E-state index contributed by atoms with van der Waals surface area (Å²) < 4.78 is 13.7. The molecule has 3 heteroatoms. The Labute approximate surface area is 126 Å². The molecule has 0 saturated heterocycles. The zero-order valence-corrected chi connectivity index (χ0v) is 12.7. The predicted molar refractivity (Wildman–Crippen MR) is 85.3 cm³/mol. The van der Waals surface area contributed by atoms with Crippen LogP contribution in [0, 0.1) is 11.7 Å². The molecule has 0 spiro atoms. The molecule has 21 heavy (non-hydrogen) atoms. The minimum absolute atomic E-state index is 0.00531. The maximum Gasteiger partial charge on any atom is 0.127 e. The fourth-order valence-electron chi connectivity index (χ4n) is 2.59. The lowest BCUT2D eigenvalue weighted by Crippen LogP contribution is -2.31. The van der Waals surface area contributed by atoms with Crippen LogP contribution in [0.25, 0.3) is 0 Å². The van der Waals surface area contributed by atoms with Gasteiger partial charge in [0, 0.05) is 24.7 Å². The minimum atomic E-state index is -0.149. The van der Waals surface area contributed by atoms with E-state index < -0.39 is 0 Å². The molecule has 0 heterocycles. The first-order valence-corrected chi connectivity index (χ1v) is 7.30. The highest BCUT2D eigenvalue weighted by Crippen LogP contribution is 2.20. The Hall–Kier alpha value is -1.71. The third-order valence-electron chi connectivity index (χ3n) is 3.80. The van der Waals surface area contributed by atoms with Gasteiger partial charge in [-0.2, -0.15) is 0 Å². The van der Waals surface area contributed by atoms with Crippen LogP contribution in [0.5, 0.6) is 0 Å². The van der Waals surface area contributed by atoms with Crippen LogP contribution < -0.4 is 5.73 Å². The van der Waals surface area contributed by atoms with Crippen LogP contribution >= 0.6 is 0 Å². The largest absolute Gasteiger partial charge is 0.324 e. The van der Waals surface area contributed by atoms with Crippen molar-refractivity contribution in [3.05, 3.63) is 71.5 Å². The maximum atomic E-state index is 13.7. The summed E-state index contributed by atoms with van der Waals surface area (Å²) in [6.45, 7) is 3.55. The highest BCUT2D eigenvalue weighted by molar-refractivity contribution is 5.19. The van der Waals surface area contributed by atoms with Crippen LogP contribution in [0.15, 0.2) is 54.6 Å². The fourth-order valence-corrected chi connectivity index (χ4v) is 2.59. The number of hydrogen-bond donors (Lipinski definition) is 1. The van der Waals surface area contributed by atoms with Crippen molar-refractivity contribution in [1.82, 2.24) is 4.90 Å². The third-order valence-corrected chi connectivity index (χ3v) is 3.80. The van der Waals surface area contributed by atoms with Crippen LogP contribution in [-0.4, -0.2) is 18.5 Å². The molecule has 2 nitrogen and oxygen atoms in total. The molecule has 0 aromatic heterocycles. The summed E-state index contributed by atoms with van der Waals surface area (Å²) in [7, 11) is 2.00. The van der Waals surface area contributed by atoms with Crippen LogP contribution in [0.3, 0.4) is 0 Å². The number of hydrogen-bond acceptors (Lipinski definition) is 2. The van der Waals surface area contributed by atoms with Gasteiger partial charge in [-0.05, 0) is 24.6 Å². The van der Waals surface area contributed by atoms with Gasteiger partial charge in [0.2, 0.25) is 0 Å². The number of nitrogens with zero attached hydrogens (tertiary/aromatic N) is 1. The summed E-state index contributed by atoms with van der Waals surface area (Å²) in [6.07, 6.45) is 0. The van der Waals surface area contributed by atoms with Gasteiger partial charge in [0.1, 0.15) is 5.82 Å². The van der Waals surface area contributed by atoms with Gasteiger partial charge < -0.3 is 10.6 Å². The first-order chi connectivity index (χ1) is 10.1. The second kappa shape index (κ2) is 7.34. The third kappa shape index (κ3) is 4.38. The van der Waals surface area contributed by atoms with Gasteiger partial charge in [-0.15, -0.1) is 0 Å². The van der Waals surface area contributed by atoms with Crippen molar-refractivity contribution >= 4 is 0 Å². The molecule has 2 rings (SSSR count). The lowest BCUT2D eigenvalue weighted by molar-refractivity contribution is 0.255. The SMILES string of the molecule is CC(CN(C)Cc1ccccc1F)C(N)c1ccccc1. The number of nitrogens with two attached hydrogens (primary N) is 1. The van der Waals surface area contributed by atoms with Gasteiger partial charge in [0.25, 0.3) is 0 Å². The van der Waals surface area contributed by atoms with E-state index in [0.717, 1.165) is 17.7 Å². The van der Waals surface area contributed by atoms with Gasteiger partial charge in [-0.3, -0.25) is 0 Å². The Balaban J connectivity index is 1.93. The molecular formula is C18H23FN2. The predicted octanol–water partition coefficient (Wildman–Crippen LogP) is 3.59. The van der Waals surface area contributed by atoms with Crippen molar-refractivity contribution in [2.45, 2.75) is 19.5 Å². The molecule has 0 fully saturated rings. The Kier molecular flexibility index (Phi) is 5.48. The number of rotatable bonds is 6. The molecule has 112 valence electrons. The van der Waals surface area contributed by atoms with Crippen molar-refractivity contribution in [3.63, 3.8) is 0 Å². The Morgan fingerprint density at radius 1 is 1.05 bits per heavy atom. The van der Waals surface area contributed by atoms with Gasteiger partial charge in [0.05, 0.1) is 0 Å². The van der Waals surface area contributed by atoms with Gasteiger partial charge >= 0.3 is 0 Å². The average molecular weight is 286 g/mol. The minimum Gasteiger partial charge on any atom is -0.324 e. The molecule has 2 aromatic carbocycles. The van der Waals surface area contributed by atoms with Crippen molar-refractivity contribution in [2.75, 3.05) is 13.6 Å². The smallest absolute Gasteiger partial charge is 0.127 e. The van der Waals surface area contributed by atoms with Gasteiger partial charge in [0.15, 0.2) is 0 Å². The summed E-state index contributed by atoms with van der Waals surface area (Å²) >= 11 is 0. The molecular weight excluding hydrogens is 263 g/mol. The van der Waals surface area contributed by atoms with Gasteiger partial charge in [-0.25, -0.2) is 4.39 Å². The zero-order valence-electron chi connectivity index (χ0n) is 12.7. The highest BCUT2D eigenvalue weighted by Gasteiger charge is 2.17. The Bertz CT molecular complexity index is 556. The van der Waals surface area contributed by atoms with E-state index in [1.165, 1.54) is 6.07 Å². The summed E-state index contributed by atoms with van der Waals surface area (Å²) in [5.41, 5.74) is 8.17. The van der Waals surface area contributed by atoms with Crippen molar-refractivity contribution in [1.29, 1.82) is 0 Å². The molecule has 2 N–H and O–H groups in total. The van der Waals surface area contributed by atoms with Crippen LogP contribution in [-0.2, 0) is 6.54 Å². The topological polar surface area (TPSA) is 29.3 Å². The summed E-state index contributed by atoms with van der Waals surface area (Å²) in [5, 5.41) is 0. The molecule has 2 atom stereocenters. The lowest BCUT2D eigenvalue weighted by atomic mass is 9.95. The van der Waals surface area contributed by atoms with Crippen molar-refractivity contribution in [3.8, 4) is 0 Å². The number of halogens is 1. The fraction of sp³-hybridized carbons (Fsp3) is 0.333. The highest BCUT2D eigenvalue weighted by atomic mass is 19.1. The standard InChI is InChI=1S/C18H23FN2/c1-14(18(20)15-8-4-3-5-9-15)12-21(2)13-16-10-6-7-11-17(16)19/h3-11,14,18H,12-13,20H2,1-2H3. The first-order valence-electron chi connectivity index (χ1n) is 7.30. The first kappa shape index (κ1) is 15.7. The normalized spacial score (nSPS) is 14.1. The summed E-state index contributed by atoms with van der Waals surface area (Å²) in [6, 6.07) is 17.0. The van der Waals surface area contributed by atoms with E-state index in [9.17, 15) is 4.39 Å². The van der Waals surface area contributed by atoms with Crippen LogP contribution in [0.1, 0.15) is 24.1 Å². The second-order valence-corrected chi connectivity index (χ2v) is 5.70. The summed E-state index contributed by atoms with van der Waals surface area (Å²) in [5.74, 6) is 0.147. The molecule has 0 bridgehead atoms. The van der Waals surface area contributed by atoms with E-state index in [1.54, 1.807) is 6.07 Å². The van der Waals surface area contributed by atoms with Crippen molar-refractivity contribution < 1.29 is 4.39 Å². The van der Waals surface area contributed by atoms with E-state index in [4.69, 9.17) is 5.73 Å². The van der Waals surface area contributed by atoms with E-state index in [0.29, 0.717) is 12.5 Å². The zero-order chi connectivity index (χ0) is 15.2. The Morgan fingerprint density at radius 2 is 1.67 bits per heavy atom. The molecule has 0 radical (unpaired) electrons. The quantitative estimate of drug-likeness (QED) is 0.879.